The lowest BCUT2D eigenvalue weighted by Crippen LogP contribution is -2.30. The number of carbonyl (C=O) groups is 3. The van der Waals surface area contributed by atoms with Gasteiger partial charge in [-0.1, -0.05) is 231 Å². The monoisotopic (exact) mass is 885 g/mol. The molecule has 0 aromatic heterocycles. The van der Waals surface area contributed by atoms with Gasteiger partial charge in [0, 0.05) is 19.3 Å². The lowest BCUT2D eigenvalue weighted by atomic mass is 10.1. The summed E-state index contributed by atoms with van der Waals surface area (Å²) in [6.07, 6.45) is 61.4. The van der Waals surface area contributed by atoms with Crippen molar-refractivity contribution in [2.24, 2.45) is 0 Å². The summed E-state index contributed by atoms with van der Waals surface area (Å²) in [6, 6.07) is 0. The molecule has 1 atom stereocenters. The van der Waals surface area contributed by atoms with Crippen molar-refractivity contribution in [2.75, 3.05) is 13.2 Å². The van der Waals surface area contributed by atoms with Crippen LogP contribution in [0.2, 0.25) is 0 Å². The number of carbonyl (C=O) groups excluding carboxylic acids is 3. The largest absolute Gasteiger partial charge is 0.462 e. The molecule has 0 spiro atoms. The molecule has 0 aliphatic carbocycles. The second kappa shape index (κ2) is 52.3. The summed E-state index contributed by atoms with van der Waals surface area (Å²) in [7, 11) is 0. The highest BCUT2D eigenvalue weighted by Gasteiger charge is 2.19. The molecule has 63 heavy (non-hydrogen) atoms. The van der Waals surface area contributed by atoms with Crippen LogP contribution in [0.3, 0.4) is 0 Å². The van der Waals surface area contributed by atoms with Gasteiger partial charge in [0.1, 0.15) is 13.2 Å². The number of ether oxygens (including phenoxy) is 3. The van der Waals surface area contributed by atoms with Crippen LogP contribution in [0.4, 0.5) is 0 Å². The fraction of sp³-hybridized carbons (Fsp3) is 0.842. The number of allylic oxidation sites excluding steroid dienone is 6. The summed E-state index contributed by atoms with van der Waals surface area (Å²) in [5.41, 5.74) is 0. The average Bonchev–Trinajstić information content (AvgIpc) is 3.28. The molecular formula is C57H104O6. The highest BCUT2D eigenvalue weighted by atomic mass is 16.6. The molecule has 0 heterocycles. The van der Waals surface area contributed by atoms with E-state index in [0.29, 0.717) is 19.3 Å². The molecule has 0 saturated heterocycles. The number of rotatable bonds is 50. The number of esters is 3. The van der Waals surface area contributed by atoms with E-state index < -0.39 is 6.10 Å². The average molecular weight is 885 g/mol. The topological polar surface area (TPSA) is 78.9 Å². The van der Waals surface area contributed by atoms with Gasteiger partial charge in [0.2, 0.25) is 0 Å². The second-order valence-corrected chi connectivity index (χ2v) is 18.5. The molecule has 0 fully saturated rings. The maximum Gasteiger partial charge on any atom is 0.306 e. The maximum atomic E-state index is 12.8. The van der Waals surface area contributed by atoms with Crippen LogP contribution in [0.5, 0.6) is 0 Å². The van der Waals surface area contributed by atoms with Gasteiger partial charge in [0.25, 0.3) is 0 Å². The summed E-state index contributed by atoms with van der Waals surface area (Å²) >= 11 is 0. The number of hydrogen-bond acceptors (Lipinski definition) is 6. The van der Waals surface area contributed by atoms with E-state index in [9.17, 15) is 14.4 Å². The predicted molar refractivity (Wildman–Crippen MR) is 270 cm³/mol. The Balaban J connectivity index is 4.25. The van der Waals surface area contributed by atoms with Crippen LogP contribution in [-0.4, -0.2) is 37.2 Å². The van der Waals surface area contributed by atoms with E-state index in [0.717, 1.165) is 70.6 Å². The first-order chi connectivity index (χ1) is 31.0. The molecule has 0 aliphatic rings. The zero-order valence-electron chi connectivity index (χ0n) is 42.1. The molecular weight excluding hydrogens is 781 g/mol. The van der Waals surface area contributed by atoms with Crippen LogP contribution in [0.1, 0.15) is 290 Å². The first kappa shape index (κ1) is 60.6. The van der Waals surface area contributed by atoms with Crippen LogP contribution in [0.25, 0.3) is 0 Å². The quantitative estimate of drug-likeness (QED) is 0.0262. The summed E-state index contributed by atoms with van der Waals surface area (Å²) in [5.74, 6) is -0.876. The van der Waals surface area contributed by atoms with Gasteiger partial charge in [-0.3, -0.25) is 14.4 Å². The molecule has 0 radical (unpaired) electrons. The van der Waals surface area contributed by atoms with Crippen molar-refractivity contribution in [3.63, 3.8) is 0 Å². The highest BCUT2D eigenvalue weighted by Crippen LogP contribution is 2.15. The van der Waals surface area contributed by atoms with Crippen LogP contribution in [-0.2, 0) is 28.6 Å². The first-order valence-electron chi connectivity index (χ1n) is 27.5. The number of hydrogen-bond donors (Lipinski definition) is 0. The van der Waals surface area contributed by atoms with Crippen molar-refractivity contribution in [3.8, 4) is 0 Å². The smallest absolute Gasteiger partial charge is 0.306 e. The molecule has 0 saturated carbocycles. The molecule has 6 heteroatoms. The molecule has 0 aliphatic heterocycles. The molecule has 6 nitrogen and oxygen atoms in total. The van der Waals surface area contributed by atoms with E-state index >= 15 is 0 Å². The van der Waals surface area contributed by atoms with E-state index in [-0.39, 0.29) is 31.1 Å². The summed E-state index contributed by atoms with van der Waals surface area (Å²) in [6.45, 7) is 6.61. The molecule has 0 rings (SSSR count). The minimum absolute atomic E-state index is 0.0736. The molecule has 0 aromatic rings. The fourth-order valence-corrected chi connectivity index (χ4v) is 7.94. The third-order valence-corrected chi connectivity index (χ3v) is 12.1. The van der Waals surface area contributed by atoms with Crippen molar-refractivity contribution in [1.29, 1.82) is 0 Å². The fourth-order valence-electron chi connectivity index (χ4n) is 7.94. The van der Waals surface area contributed by atoms with E-state index in [4.69, 9.17) is 14.2 Å². The minimum Gasteiger partial charge on any atom is -0.462 e. The Morgan fingerprint density at radius 3 is 0.905 bits per heavy atom. The predicted octanol–water partition coefficient (Wildman–Crippen LogP) is 18.1. The van der Waals surface area contributed by atoms with Crippen molar-refractivity contribution in [3.05, 3.63) is 36.5 Å². The van der Waals surface area contributed by atoms with Crippen LogP contribution in [0, 0.1) is 0 Å². The second-order valence-electron chi connectivity index (χ2n) is 18.5. The van der Waals surface area contributed by atoms with Crippen molar-refractivity contribution < 1.29 is 28.6 Å². The zero-order chi connectivity index (χ0) is 45.8. The van der Waals surface area contributed by atoms with Crippen LogP contribution >= 0.6 is 0 Å². The van der Waals surface area contributed by atoms with Gasteiger partial charge in [-0.2, -0.15) is 0 Å². The molecule has 0 aromatic carbocycles. The standard InChI is InChI=1S/C57H104O6/c1-4-7-10-13-16-19-21-23-25-27-29-31-32-34-36-38-41-44-47-50-56(59)62-53-54(52-61-55(58)49-46-43-40-18-15-12-9-6-3)63-57(60)51-48-45-42-39-37-35-33-30-28-26-24-22-20-17-14-11-8-5-2/h20,22-23,25-26,28,54H,4-19,21,24,27,29-53H2,1-3H3/b22-20-,25-23-,28-26-. The van der Waals surface area contributed by atoms with E-state index in [1.54, 1.807) is 0 Å². The third kappa shape index (κ3) is 50.5. The molecule has 1 unspecified atom stereocenters. The highest BCUT2D eigenvalue weighted by molar-refractivity contribution is 5.71. The summed E-state index contributed by atoms with van der Waals surface area (Å²) in [5, 5.41) is 0. The van der Waals surface area contributed by atoms with E-state index in [1.165, 1.54) is 180 Å². The Morgan fingerprint density at radius 1 is 0.317 bits per heavy atom. The Hall–Kier alpha value is -2.37. The Kier molecular flexibility index (Phi) is 50.3. The molecule has 0 bridgehead atoms. The molecule has 0 amide bonds. The van der Waals surface area contributed by atoms with Crippen molar-refractivity contribution >= 4 is 17.9 Å². The van der Waals surface area contributed by atoms with Gasteiger partial charge in [0.15, 0.2) is 6.10 Å². The van der Waals surface area contributed by atoms with Gasteiger partial charge in [-0.05, 0) is 77.0 Å². The van der Waals surface area contributed by atoms with Crippen molar-refractivity contribution in [2.45, 2.75) is 297 Å². The van der Waals surface area contributed by atoms with Gasteiger partial charge >= 0.3 is 17.9 Å². The maximum absolute atomic E-state index is 12.8. The van der Waals surface area contributed by atoms with Gasteiger partial charge in [0.05, 0.1) is 0 Å². The van der Waals surface area contributed by atoms with E-state index in [1.807, 2.05) is 0 Å². The summed E-state index contributed by atoms with van der Waals surface area (Å²) < 4.78 is 16.8. The third-order valence-electron chi connectivity index (χ3n) is 12.1. The normalized spacial score (nSPS) is 12.2. The number of unbranched alkanes of at least 4 members (excludes halogenated alkanes) is 33. The lowest BCUT2D eigenvalue weighted by molar-refractivity contribution is -0.167. The molecule has 368 valence electrons. The minimum atomic E-state index is -0.772. The lowest BCUT2D eigenvalue weighted by Gasteiger charge is -2.18. The van der Waals surface area contributed by atoms with E-state index in [2.05, 4.69) is 57.2 Å². The Morgan fingerprint density at radius 2 is 0.571 bits per heavy atom. The van der Waals surface area contributed by atoms with Crippen LogP contribution in [0.15, 0.2) is 36.5 Å². The Labute approximate surface area is 391 Å². The Bertz CT molecular complexity index is 1060. The van der Waals surface area contributed by atoms with Gasteiger partial charge < -0.3 is 14.2 Å². The van der Waals surface area contributed by atoms with Crippen LogP contribution < -0.4 is 0 Å². The first-order valence-corrected chi connectivity index (χ1v) is 27.5. The SMILES string of the molecule is CCCCCC/C=C\C/C=C\CCCCCCCCCC(=O)OC(COC(=O)CCCCCCCCCC)COC(=O)CCCCCCCCCCC/C=C\CCCCCCCC. The van der Waals surface area contributed by atoms with Crippen molar-refractivity contribution in [1.82, 2.24) is 0 Å². The van der Waals surface area contributed by atoms with Gasteiger partial charge in [-0.15, -0.1) is 0 Å². The van der Waals surface area contributed by atoms with Gasteiger partial charge in [-0.25, -0.2) is 0 Å². The molecule has 0 N–H and O–H groups in total. The zero-order valence-corrected chi connectivity index (χ0v) is 42.1. The summed E-state index contributed by atoms with van der Waals surface area (Å²) in [4.78, 5) is 37.9.